The molecule has 1 N–H and O–H groups in total. The summed E-state index contributed by atoms with van der Waals surface area (Å²) in [5.74, 6) is 1.91. The first-order valence-electron chi connectivity index (χ1n) is 4.73. The van der Waals surface area contributed by atoms with Crippen molar-refractivity contribution >= 4 is 23.5 Å². The first kappa shape index (κ1) is 12.4. The van der Waals surface area contributed by atoms with Crippen LogP contribution in [0.5, 0.6) is 0 Å². The van der Waals surface area contributed by atoms with Crippen molar-refractivity contribution in [1.29, 1.82) is 0 Å². The molecule has 3 nitrogen and oxygen atoms in total. The second kappa shape index (κ2) is 5.40. The van der Waals surface area contributed by atoms with Crippen LogP contribution in [0.1, 0.15) is 13.8 Å². The van der Waals surface area contributed by atoms with Crippen molar-refractivity contribution in [3.8, 4) is 0 Å². The first-order chi connectivity index (χ1) is 7.10. The van der Waals surface area contributed by atoms with Gasteiger partial charge in [0.2, 0.25) is 0 Å². The lowest BCUT2D eigenvalue weighted by molar-refractivity contribution is 0.594. The zero-order valence-corrected chi connectivity index (χ0v) is 10.6. The Bertz CT molecular complexity index is 440. The van der Waals surface area contributed by atoms with E-state index in [1.54, 1.807) is 30.3 Å². The van der Waals surface area contributed by atoms with Crippen LogP contribution in [0.3, 0.4) is 0 Å². The standard InChI is InChI=1S/C10H15NO2PS/c1-3-14(4-2)11-15(12,13)10-8-6-5-7-9-10/h3,5-9,11H,4H2,1-2H3/q+1. The molecule has 0 aliphatic rings. The molecule has 0 heterocycles. The Labute approximate surface area is 92.0 Å². The second-order valence-electron chi connectivity index (χ2n) is 2.95. The minimum atomic E-state index is -3.34. The predicted molar refractivity (Wildman–Crippen MR) is 66.0 cm³/mol. The molecule has 0 aliphatic heterocycles. The van der Waals surface area contributed by atoms with Crippen LogP contribution in [0.15, 0.2) is 35.2 Å². The Morgan fingerprint density at radius 2 is 1.93 bits per heavy atom. The number of sulfonamides is 1. The fourth-order valence-electron chi connectivity index (χ4n) is 1.11. The molecular formula is C10H15NO2PS+. The molecule has 1 atom stereocenters. The van der Waals surface area contributed by atoms with Crippen LogP contribution >= 0.6 is 7.70 Å². The van der Waals surface area contributed by atoms with Crippen LogP contribution in [0.2, 0.25) is 0 Å². The summed E-state index contributed by atoms with van der Waals surface area (Å²) in [4.78, 5) is 0.327. The van der Waals surface area contributed by atoms with E-state index in [-0.39, 0.29) is 0 Å². The van der Waals surface area contributed by atoms with Crippen molar-refractivity contribution in [2.75, 3.05) is 6.16 Å². The number of rotatable bonds is 4. The molecule has 1 rings (SSSR count). The van der Waals surface area contributed by atoms with Crippen LogP contribution in [-0.4, -0.2) is 20.4 Å². The normalized spacial score (nSPS) is 12.8. The monoisotopic (exact) mass is 244 g/mol. The fraction of sp³-hybridized carbons (Fsp3) is 0.300. The molecule has 0 bridgehead atoms. The van der Waals surface area contributed by atoms with Crippen molar-refractivity contribution in [2.45, 2.75) is 18.7 Å². The highest BCUT2D eigenvalue weighted by atomic mass is 32.2. The molecule has 0 aliphatic carbocycles. The van der Waals surface area contributed by atoms with E-state index in [0.29, 0.717) is 4.90 Å². The highest BCUT2D eigenvalue weighted by Gasteiger charge is 2.20. The molecular weight excluding hydrogens is 229 g/mol. The van der Waals surface area contributed by atoms with Gasteiger partial charge in [0.1, 0.15) is 12.0 Å². The van der Waals surface area contributed by atoms with Gasteiger partial charge >= 0.3 is 0 Å². The molecule has 0 radical (unpaired) electrons. The van der Waals surface area contributed by atoms with Crippen LogP contribution in [-0.2, 0) is 10.0 Å². The maximum Gasteiger partial charge on any atom is 0.275 e. The summed E-state index contributed by atoms with van der Waals surface area (Å²) in [5, 5.41) is 0. The molecule has 1 aromatic rings. The fourth-order valence-corrected chi connectivity index (χ4v) is 4.58. The topological polar surface area (TPSA) is 46.2 Å². The van der Waals surface area contributed by atoms with E-state index in [9.17, 15) is 8.42 Å². The van der Waals surface area contributed by atoms with Crippen molar-refractivity contribution in [2.24, 2.45) is 0 Å². The van der Waals surface area contributed by atoms with Gasteiger partial charge < -0.3 is 0 Å². The lowest BCUT2D eigenvalue weighted by Gasteiger charge is -2.00. The molecule has 15 heavy (non-hydrogen) atoms. The Morgan fingerprint density at radius 3 is 2.40 bits per heavy atom. The largest absolute Gasteiger partial charge is 0.275 e. The summed E-state index contributed by atoms with van der Waals surface area (Å²) in [5.41, 5.74) is 0. The van der Waals surface area contributed by atoms with Crippen molar-refractivity contribution in [3.05, 3.63) is 30.3 Å². The Hall–Kier alpha value is -0.700. The summed E-state index contributed by atoms with van der Waals surface area (Å²) in [6, 6.07) is 8.44. The average molecular weight is 244 g/mol. The van der Waals surface area contributed by atoms with Gasteiger partial charge in [-0.2, -0.15) is 0 Å². The maximum absolute atomic E-state index is 11.8. The molecule has 1 unspecified atom stereocenters. The van der Waals surface area contributed by atoms with Crippen molar-refractivity contribution in [1.82, 2.24) is 4.49 Å². The Kier molecular flexibility index (Phi) is 4.45. The molecule has 0 spiro atoms. The quantitative estimate of drug-likeness (QED) is 0.825. The first-order valence-corrected chi connectivity index (χ1v) is 7.81. The number of nitrogens with one attached hydrogen (secondary N) is 1. The number of hydrogen-bond donors (Lipinski definition) is 1. The van der Waals surface area contributed by atoms with Gasteiger partial charge in [0.25, 0.3) is 10.0 Å². The minimum absolute atomic E-state index is 0.327. The smallest absolute Gasteiger partial charge is 0.204 e. The summed E-state index contributed by atoms with van der Waals surface area (Å²) < 4.78 is 26.4. The molecule has 0 saturated carbocycles. The van der Waals surface area contributed by atoms with Gasteiger partial charge in [-0.05, 0) is 30.5 Å². The Balaban J connectivity index is 2.95. The van der Waals surface area contributed by atoms with Crippen LogP contribution in [0.25, 0.3) is 0 Å². The van der Waals surface area contributed by atoms with E-state index in [2.05, 4.69) is 4.49 Å². The third-order valence-electron chi connectivity index (χ3n) is 1.94. The van der Waals surface area contributed by atoms with Gasteiger partial charge in [0.15, 0.2) is 7.70 Å². The van der Waals surface area contributed by atoms with Gasteiger partial charge in [-0.15, -0.1) is 0 Å². The molecule has 0 fully saturated rings. The highest BCUT2D eigenvalue weighted by Crippen LogP contribution is 2.20. The van der Waals surface area contributed by atoms with Gasteiger partial charge in [0.05, 0.1) is 4.90 Å². The van der Waals surface area contributed by atoms with Gasteiger partial charge in [-0.3, -0.25) is 0 Å². The predicted octanol–water partition coefficient (Wildman–Crippen LogP) is 2.20. The van der Waals surface area contributed by atoms with Crippen LogP contribution < -0.4 is 4.49 Å². The zero-order chi connectivity index (χ0) is 11.3. The maximum atomic E-state index is 11.8. The summed E-state index contributed by atoms with van der Waals surface area (Å²) in [6.07, 6.45) is 0.817. The van der Waals surface area contributed by atoms with Crippen molar-refractivity contribution < 1.29 is 8.42 Å². The van der Waals surface area contributed by atoms with Gasteiger partial charge in [-0.1, -0.05) is 18.2 Å². The average Bonchev–Trinajstić information content (AvgIpc) is 2.27. The summed E-state index contributed by atoms with van der Waals surface area (Å²) in [7, 11) is -4.07. The van der Waals surface area contributed by atoms with E-state index in [4.69, 9.17) is 0 Å². The molecule has 82 valence electrons. The van der Waals surface area contributed by atoms with Crippen LogP contribution in [0, 0.1) is 0 Å². The zero-order valence-electron chi connectivity index (χ0n) is 8.84. The van der Waals surface area contributed by atoms with E-state index >= 15 is 0 Å². The van der Waals surface area contributed by atoms with Crippen LogP contribution in [0.4, 0.5) is 0 Å². The molecule has 0 saturated heterocycles. The summed E-state index contributed by atoms with van der Waals surface area (Å²) in [6.45, 7) is 3.85. The molecule has 0 aromatic heterocycles. The van der Waals surface area contributed by atoms with Gasteiger partial charge in [0, 0.05) is 0 Å². The Morgan fingerprint density at radius 1 is 1.33 bits per heavy atom. The number of benzene rings is 1. The second-order valence-corrected chi connectivity index (χ2v) is 7.25. The molecule has 5 heteroatoms. The lowest BCUT2D eigenvalue weighted by Crippen LogP contribution is -2.17. The third-order valence-corrected chi connectivity index (χ3v) is 6.04. The minimum Gasteiger partial charge on any atom is -0.204 e. The van der Waals surface area contributed by atoms with Gasteiger partial charge in [-0.25, -0.2) is 8.42 Å². The molecule has 1 aromatic carbocycles. The molecule has 0 amide bonds. The van der Waals surface area contributed by atoms with E-state index in [1.807, 2.05) is 19.6 Å². The third kappa shape index (κ3) is 3.42. The van der Waals surface area contributed by atoms with Crippen molar-refractivity contribution in [3.63, 3.8) is 0 Å². The lowest BCUT2D eigenvalue weighted by atomic mass is 10.4. The SMILES string of the molecule is CC=[P+](CC)NS(=O)(=O)c1ccccc1. The van der Waals surface area contributed by atoms with E-state index < -0.39 is 17.7 Å². The number of hydrogen-bond acceptors (Lipinski definition) is 2. The van der Waals surface area contributed by atoms with E-state index in [1.165, 1.54) is 0 Å². The summed E-state index contributed by atoms with van der Waals surface area (Å²) >= 11 is 0. The van der Waals surface area contributed by atoms with E-state index in [0.717, 1.165) is 6.16 Å². The highest BCUT2D eigenvalue weighted by molar-refractivity contribution is 7.95.